The average Bonchev–Trinajstić information content (AvgIpc) is 2.30. The standard InChI is InChI=1S/C13H19ClN2O/c1-9(2)12(15)13(17)16-8-7-10-3-5-11(14)6-4-10/h3-6,9,12H,7-8,15H2,1-2H3,(H,16,17). The van der Waals surface area contributed by atoms with Gasteiger partial charge >= 0.3 is 0 Å². The van der Waals surface area contributed by atoms with E-state index in [2.05, 4.69) is 5.32 Å². The minimum Gasteiger partial charge on any atom is -0.354 e. The minimum absolute atomic E-state index is 0.0889. The molecule has 0 fully saturated rings. The van der Waals surface area contributed by atoms with E-state index in [1.54, 1.807) is 0 Å². The summed E-state index contributed by atoms with van der Waals surface area (Å²) in [6, 6.07) is 7.17. The van der Waals surface area contributed by atoms with Crippen LogP contribution < -0.4 is 11.1 Å². The molecule has 4 heteroatoms. The molecule has 3 N–H and O–H groups in total. The summed E-state index contributed by atoms with van der Waals surface area (Å²) in [6.07, 6.45) is 0.785. The van der Waals surface area contributed by atoms with Crippen molar-refractivity contribution in [2.24, 2.45) is 11.7 Å². The Hall–Kier alpha value is -1.06. The number of rotatable bonds is 5. The molecule has 0 spiro atoms. The lowest BCUT2D eigenvalue weighted by atomic mass is 10.0. The fourth-order valence-corrected chi connectivity index (χ4v) is 1.53. The number of hydrogen-bond acceptors (Lipinski definition) is 2. The maximum Gasteiger partial charge on any atom is 0.237 e. The summed E-state index contributed by atoms with van der Waals surface area (Å²) in [5, 5.41) is 3.55. The van der Waals surface area contributed by atoms with Crippen molar-refractivity contribution in [3.63, 3.8) is 0 Å². The van der Waals surface area contributed by atoms with Crippen molar-refractivity contribution in [1.29, 1.82) is 0 Å². The molecule has 0 aromatic heterocycles. The van der Waals surface area contributed by atoms with E-state index in [0.29, 0.717) is 6.54 Å². The smallest absolute Gasteiger partial charge is 0.237 e. The van der Waals surface area contributed by atoms with Crippen LogP contribution >= 0.6 is 11.6 Å². The zero-order chi connectivity index (χ0) is 12.8. The summed E-state index contributed by atoms with van der Waals surface area (Å²) < 4.78 is 0. The molecule has 0 aliphatic carbocycles. The summed E-state index contributed by atoms with van der Waals surface area (Å²) >= 11 is 5.79. The molecule has 1 aromatic carbocycles. The Bertz CT molecular complexity index is 362. The third kappa shape index (κ3) is 4.75. The normalized spacial score (nSPS) is 12.5. The summed E-state index contributed by atoms with van der Waals surface area (Å²) in [4.78, 5) is 11.6. The Kier molecular flexibility index (Phi) is 5.45. The number of carbonyl (C=O) groups is 1. The number of amides is 1. The number of halogens is 1. The molecular formula is C13H19ClN2O. The highest BCUT2D eigenvalue weighted by molar-refractivity contribution is 6.30. The van der Waals surface area contributed by atoms with E-state index >= 15 is 0 Å². The van der Waals surface area contributed by atoms with Crippen molar-refractivity contribution in [3.05, 3.63) is 34.9 Å². The van der Waals surface area contributed by atoms with Gasteiger partial charge in [-0.1, -0.05) is 37.6 Å². The predicted molar refractivity (Wildman–Crippen MR) is 71.0 cm³/mol. The van der Waals surface area contributed by atoms with Crippen LogP contribution in [0, 0.1) is 5.92 Å². The SMILES string of the molecule is CC(C)C(N)C(=O)NCCc1ccc(Cl)cc1. The second-order valence-electron chi connectivity index (χ2n) is 4.44. The molecule has 1 amide bonds. The fraction of sp³-hybridized carbons (Fsp3) is 0.462. The van der Waals surface area contributed by atoms with Gasteiger partial charge in [-0.15, -0.1) is 0 Å². The van der Waals surface area contributed by atoms with E-state index in [9.17, 15) is 4.79 Å². The first kappa shape index (κ1) is 14.0. The molecule has 0 aliphatic heterocycles. The van der Waals surface area contributed by atoms with Crippen molar-refractivity contribution < 1.29 is 4.79 Å². The van der Waals surface area contributed by atoms with Crippen LogP contribution in [0.15, 0.2) is 24.3 Å². The van der Waals surface area contributed by atoms with Crippen molar-refractivity contribution in [3.8, 4) is 0 Å². The minimum atomic E-state index is -0.430. The molecule has 0 aliphatic rings. The van der Waals surface area contributed by atoms with E-state index in [-0.39, 0.29) is 11.8 Å². The third-order valence-electron chi connectivity index (χ3n) is 2.65. The molecule has 0 heterocycles. The number of benzene rings is 1. The monoisotopic (exact) mass is 254 g/mol. The lowest BCUT2D eigenvalue weighted by Gasteiger charge is -2.15. The van der Waals surface area contributed by atoms with Crippen molar-refractivity contribution >= 4 is 17.5 Å². The molecule has 0 saturated carbocycles. The van der Waals surface area contributed by atoms with Crippen LogP contribution in [0.25, 0.3) is 0 Å². The van der Waals surface area contributed by atoms with Gasteiger partial charge in [-0.05, 0) is 30.0 Å². The topological polar surface area (TPSA) is 55.1 Å². The van der Waals surface area contributed by atoms with Crippen molar-refractivity contribution in [2.75, 3.05) is 6.54 Å². The van der Waals surface area contributed by atoms with Gasteiger partial charge in [-0.2, -0.15) is 0 Å². The van der Waals surface area contributed by atoms with E-state index in [0.717, 1.165) is 17.0 Å². The lowest BCUT2D eigenvalue weighted by Crippen LogP contribution is -2.44. The first-order valence-corrected chi connectivity index (χ1v) is 6.16. The zero-order valence-corrected chi connectivity index (χ0v) is 11.0. The highest BCUT2D eigenvalue weighted by Gasteiger charge is 2.16. The van der Waals surface area contributed by atoms with E-state index in [4.69, 9.17) is 17.3 Å². The van der Waals surface area contributed by atoms with Gasteiger partial charge in [0.25, 0.3) is 0 Å². The van der Waals surface area contributed by atoms with E-state index < -0.39 is 6.04 Å². The maximum atomic E-state index is 11.6. The van der Waals surface area contributed by atoms with Gasteiger partial charge < -0.3 is 11.1 Å². The lowest BCUT2D eigenvalue weighted by molar-refractivity contribution is -0.123. The first-order valence-electron chi connectivity index (χ1n) is 5.78. The molecule has 1 atom stereocenters. The van der Waals surface area contributed by atoms with Crippen LogP contribution in [0.3, 0.4) is 0 Å². The van der Waals surface area contributed by atoms with Crippen LogP contribution in [-0.4, -0.2) is 18.5 Å². The average molecular weight is 255 g/mol. The number of nitrogens with two attached hydrogens (primary N) is 1. The zero-order valence-electron chi connectivity index (χ0n) is 10.2. The molecule has 1 unspecified atom stereocenters. The van der Waals surface area contributed by atoms with Gasteiger partial charge in [0.2, 0.25) is 5.91 Å². The second-order valence-corrected chi connectivity index (χ2v) is 4.87. The molecule has 1 rings (SSSR count). The summed E-state index contributed by atoms with van der Waals surface area (Å²) in [7, 11) is 0. The Labute approximate surface area is 107 Å². The Morgan fingerprint density at radius 1 is 1.35 bits per heavy atom. The fourth-order valence-electron chi connectivity index (χ4n) is 1.40. The first-order chi connectivity index (χ1) is 8.00. The van der Waals surface area contributed by atoms with Gasteiger partial charge in [-0.25, -0.2) is 0 Å². The van der Waals surface area contributed by atoms with Crippen LogP contribution in [-0.2, 0) is 11.2 Å². The molecule has 3 nitrogen and oxygen atoms in total. The Morgan fingerprint density at radius 3 is 2.47 bits per heavy atom. The molecule has 17 heavy (non-hydrogen) atoms. The van der Waals surface area contributed by atoms with E-state index in [1.807, 2.05) is 38.1 Å². The predicted octanol–water partition coefficient (Wildman–Crippen LogP) is 1.98. The van der Waals surface area contributed by atoms with Crippen LogP contribution in [0.2, 0.25) is 5.02 Å². The number of carbonyl (C=O) groups excluding carboxylic acids is 1. The molecule has 0 bridgehead atoms. The summed E-state index contributed by atoms with van der Waals surface area (Å²) in [5.74, 6) is 0.0690. The largest absolute Gasteiger partial charge is 0.354 e. The second kappa shape index (κ2) is 6.62. The highest BCUT2D eigenvalue weighted by atomic mass is 35.5. The molecule has 94 valence electrons. The molecule has 0 radical (unpaired) electrons. The molecule has 1 aromatic rings. The van der Waals surface area contributed by atoms with Crippen molar-refractivity contribution in [2.45, 2.75) is 26.3 Å². The van der Waals surface area contributed by atoms with Crippen LogP contribution in [0.5, 0.6) is 0 Å². The Morgan fingerprint density at radius 2 is 1.94 bits per heavy atom. The quantitative estimate of drug-likeness (QED) is 0.844. The maximum absolute atomic E-state index is 11.6. The Balaban J connectivity index is 2.33. The van der Waals surface area contributed by atoms with Gasteiger partial charge in [0.05, 0.1) is 6.04 Å². The molecular weight excluding hydrogens is 236 g/mol. The van der Waals surface area contributed by atoms with Crippen LogP contribution in [0.4, 0.5) is 0 Å². The van der Waals surface area contributed by atoms with Gasteiger partial charge in [-0.3, -0.25) is 4.79 Å². The summed E-state index contributed by atoms with van der Waals surface area (Å²) in [6.45, 7) is 4.47. The molecule has 0 saturated heterocycles. The van der Waals surface area contributed by atoms with Crippen molar-refractivity contribution in [1.82, 2.24) is 5.32 Å². The van der Waals surface area contributed by atoms with E-state index in [1.165, 1.54) is 0 Å². The number of nitrogens with one attached hydrogen (secondary N) is 1. The van der Waals surface area contributed by atoms with Crippen LogP contribution in [0.1, 0.15) is 19.4 Å². The summed E-state index contributed by atoms with van der Waals surface area (Å²) in [5.41, 5.74) is 6.88. The number of hydrogen-bond donors (Lipinski definition) is 2. The van der Waals surface area contributed by atoms with Gasteiger partial charge in [0, 0.05) is 11.6 Å². The van der Waals surface area contributed by atoms with Gasteiger partial charge in [0.1, 0.15) is 0 Å². The highest BCUT2D eigenvalue weighted by Crippen LogP contribution is 2.09. The third-order valence-corrected chi connectivity index (χ3v) is 2.90. The van der Waals surface area contributed by atoms with Gasteiger partial charge in [0.15, 0.2) is 0 Å².